The number of methoxy groups -OCH3 is 1. The topological polar surface area (TPSA) is 85.3 Å². The fourth-order valence-electron chi connectivity index (χ4n) is 2.89. The number of oxime groups is 1. The van der Waals surface area contributed by atoms with Gasteiger partial charge in [-0.3, -0.25) is 14.4 Å². The Morgan fingerprint density at radius 3 is 2.60 bits per heavy atom. The summed E-state index contributed by atoms with van der Waals surface area (Å²) in [4.78, 5) is 44.5. The van der Waals surface area contributed by atoms with Crippen LogP contribution in [0.4, 0.5) is 5.69 Å². The molecule has 126 valence electrons. The molecule has 2 aromatic rings. The fraction of sp³-hybridized carbons (Fsp3) is 0.176. The molecule has 1 saturated heterocycles. The molecule has 1 fully saturated rings. The van der Waals surface area contributed by atoms with E-state index in [1.807, 2.05) is 0 Å². The van der Waals surface area contributed by atoms with Crippen LogP contribution in [-0.2, 0) is 14.4 Å². The number of hydrogen-bond donors (Lipinski definition) is 0. The van der Waals surface area contributed by atoms with Crippen LogP contribution < -0.4 is 9.64 Å². The van der Waals surface area contributed by atoms with Crippen molar-refractivity contribution in [3.8, 4) is 5.75 Å². The highest BCUT2D eigenvalue weighted by molar-refractivity contribution is 7.13. The van der Waals surface area contributed by atoms with Crippen LogP contribution in [0.15, 0.2) is 46.9 Å². The minimum absolute atomic E-state index is 0.0261. The monoisotopic (exact) mass is 356 g/mol. The number of imide groups is 1. The van der Waals surface area contributed by atoms with E-state index in [1.54, 1.807) is 41.8 Å². The van der Waals surface area contributed by atoms with Gasteiger partial charge < -0.3 is 9.57 Å². The number of anilines is 1. The van der Waals surface area contributed by atoms with Gasteiger partial charge in [0.1, 0.15) is 17.4 Å². The van der Waals surface area contributed by atoms with E-state index in [-0.39, 0.29) is 11.5 Å². The molecular formula is C17H12N2O5S. The molecule has 4 rings (SSSR count). The quantitative estimate of drug-likeness (QED) is 0.617. The third kappa shape index (κ3) is 2.33. The first-order valence-electron chi connectivity index (χ1n) is 7.45. The molecule has 1 aromatic carbocycles. The van der Waals surface area contributed by atoms with Gasteiger partial charge in [0, 0.05) is 0 Å². The van der Waals surface area contributed by atoms with Crippen LogP contribution in [0, 0.1) is 5.92 Å². The van der Waals surface area contributed by atoms with Crippen LogP contribution in [0.5, 0.6) is 5.75 Å². The largest absolute Gasteiger partial charge is 0.497 e. The molecule has 3 heterocycles. The summed E-state index contributed by atoms with van der Waals surface area (Å²) in [7, 11) is 1.53. The number of carbonyl (C=O) groups is 3. The van der Waals surface area contributed by atoms with Crippen molar-refractivity contribution in [3.05, 3.63) is 46.7 Å². The number of ether oxygens (including phenoxy) is 1. The maximum atomic E-state index is 12.8. The van der Waals surface area contributed by atoms with Crippen LogP contribution in [-0.4, -0.2) is 36.5 Å². The Balaban J connectivity index is 1.65. The maximum Gasteiger partial charge on any atom is 0.278 e. The van der Waals surface area contributed by atoms with Crippen molar-refractivity contribution in [2.75, 3.05) is 12.0 Å². The molecule has 1 aromatic heterocycles. The Bertz CT molecular complexity index is 888. The lowest BCUT2D eigenvalue weighted by Crippen LogP contribution is -2.34. The zero-order valence-corrected chi connectivity index (χ0v) is 13.9. The van der Waals surface area contributed by atoms with E-state index in [2.05, 4.69) is 5.16 Å². The highest BCUT2D eigenvalue weighted by Crippen LogP contribution is 2.35. The average Bonchev–Trinajstić information content (AvgIpc) is 3.35. The van der Waals surface area contributed by atoms with Crippen LogP contribution in [0.25, 0.3) is 0 Å². The van der Waals surface area contributed by atoms with Crippen LogP contribution in [0.3, 0.4) is 0 Å². The molecule has 2 unspecified atom stereocenters. The normalized spacial score (nSPS) is 21.8. The Labute approximate surface area is 146 Å². The number of Topliss-reactive ketones (excluding diaryl/α,β-unsaturated/α-hetero) is 1. The summed E-state index contributed by atoms with van der Waals surface area (Å²) in [6.45, 7) is 0. The molecule has 7 nitrogen and oxygen atoms in total. The van der Waals surface area contributed by atoms with Crippen molar-refractivity contribution in [1.82, 2.24) is 0 Å². The summed E-state index contributed by atoms with van der Waals surface area (Å²) in [6.07, 6.45) is -1.09. The van der Waals surface area contributed by atoms with Crippen LogP contribution in [0.1, 0.15) is 9.67 Å². The van der Waals surface area contributed by atoms with Crippen LogP contribution >= 0.6 is 11.3 Å². The molecule has 2 aliphatic rings. The number of ketones is 1. The number of nitrogens with zero attached hydrogens (tertiary/aromatic N) is 2. The van der Waals surface area contributed by atoms with Crippen molar-refractivity contribution < 1.29 is 24.0 Å². The first-order valence-corrected chi connectivity index (χ1v) is 8.33. The second-order valence-electron chi connectivity index (χ2n) is 5.50. The van der Waals surface area contributed by atoms with Crippen LogP contribution in [0.2, 0.25) is 0 Å². The number of rotatable bonds is 4. The zero-order chi connectivity index (χ0) is 17.6. The number of carbonyl (C=O) groups excluding carboxylic acids is 3. The van der Waals surface area contributed by atoms with E-state index in [1.165, 1.54) is 18.4 Å². The molecular weight excluding hydrogens is 344 g/mol. The molecule has 0 N–H and O–H groups in total. The summed E-state index contributed by atoms with van der Waals surface area (Å²) in [5.41, 5.74) is 0.374. The summed E-state index contributed by atoms with van der Waals surface area (Å²) >= 11 is 1.25. The highest BCUT2D eigenvalue weighted by Gasteiger charge is 2.57. The second kappa shape index (κ2) is 5.82. The van der Waals surface area contributed by atoms with Gasteiger partial charge in [0.15, 0.2) is 0 Å². The summed E-state index contributed by atoms with van der Waals surface area (Å²) < 4.78 is 5.07. The SMILES string of the molecule is COc1ccc(N2C(=O)C3ON=C(C(=O)c4cccs4)C3C2=O)cc1. The third-order valence-electron chi connectivity index (χ3n) is 4.12. The van der Waals surface area contributed by atoms with E-state index in [4.69, 9.17) is 9.57 Å². The molecule has 0 bridgehead atoms. The Morgan fingerprint density at radius 2 is 1.96 bits per heavy atom. The van der Waals surface area contributed by atoms with Gasteiger partial charge in [-0.25, -0.2) is 4.90 Å². The lowest BCUT2D eigenvalue weighted by Gasteiger charge is -2.15. The van der Waals surface area contributed by atoms with Gasteiger partial charge in [-0.1, -0.05) is 11.2 Å². The van der Waals surface area contributed by atoms with Crippen molar-refractivity contribution in [2.24, 2.45) is 11.1 Å². The molecule has 0 saturated carbocycles. The van der Waals surface area contributed by atoms with Crippen molar-refractivity contribution in [1.29, 1.82) is 0 Å². The van der Waals surface area contributed by atoms with Gasteiger partial charge in [0.25, 0.3) is 5.91 Å². The molecule has 25 heavy (non-hydrogen) atoms. The van der Waals surface area contributed by atoms with E-state index in [0.717, 1.165) is 4.90 Å². The molecule has 8 heteroatoms. The van der Waals surface area contributed by atoms with E-state index in [0.29, 0.717) is 16.3 Å². The Morgan fingerprint density at radius 1 is 1.20 bits per heavy atom. The Hall–Kier alpha value is -3.00. The van der Waals surface area contributed by atoms with Gasteiger partial charge in [0.2, 0.25) is 17.8 Å². The van der Waals surface area contributed by atoms with Crippen molar-refractivity contribution in [2.45, 2.75) is 6.10 Å². The predicted octanol–water partition coefficient (Wildman–Crippen LogP) is 1.88. The summed E-state index contributed by atoms with van der Waals surface area (Å²) in [6, 6.07) is 9.89. The third-order valence-corrected chi connectivity index (χ3v) is 4.99. The Kier molecular flexibility index (Phi) is 3.61. The van der Waals surface area contributed by atoms with E-state index >= 15 is 0 Å². The van der Waals surface area contributed by atoms with E-state index in [9.17, 15) is 14.4 Å². The average molecular weight is 356 g/mol. The standard InChI is InChI=1S/C17H12N2O5S/c1-23-10-6-4-9(5-7-10)19-16(21)12-13(18-24-15(12)17(19)22)14(20)11-3-2-8-25-11/h2-8,12,15H,1H3. The highest BCUT2D eigenvalue weighted by atomic mass is 32.1. The molecule has 0 radical (unpaired) electrons. The smallest absolute Gasteiger partial charge is 0.278 e. The number of hydrogen-bond acceptors (Lipinski definition) is 7. The number of fused-ring (bicyclic) bond motifs is 1. The van der Waals surface area contributed by atoms with Gasteiger partial charge in [-0.15, -0.1) is 11.3 Å². The zero-order valence-electron chi connectivity index (χ0n) is 13.0. The molecule has 2 aliphatic heterocycles. The van der Waals surface area contributed by atoms with Gasteiger partial charge in [0.05, 0.1) is 17.7 Å². The van der Waals surface area contributed by atoms with Gasteiger partial charge in [-0.05, 0) is 35.7 Å². The molecule has 2 atom stereocenters. The first-order chi connectivity index (χ1) is 12.1. The number of amides is 2. The predicted molar refractivity (Wildman–Crippen MR) is 89.9 cm³/mol. The fourth-order valence-corrected chi connectivity index (χ4v) is 3.56. The lowest BCUT2D eigenvalue weighted by molar-refractivity contribution is -0.126. The number of benzene rings is 1. The van der Waals surface area contributed by atoms with Crippen molar-refractivity contribution in [3.63, 3.8) is 0 Å². The number of thiophene rings is 1. The maximum absolute atomic E-state index is 12.8. The first kappa shape index (κ1) is 15.5. The molecule has 0 spiro atoms. The minimum Gasteiger partial charge on any atom is -0.497 e. The summed E-state index contributed by atoms with van der Waals surface area (Å²) in [5, 5.41) is 5.47. The lowest BCUT2D eigenvalue weighted by atomic mass is 9.96. The summed E-state index contributed by atoms with van der Waals surface area (Å²) in [5.74, 6) is -1.84. The second-order valence-corrected chi connectivity index (χ2v) is 6.44. The van der Waals surface area contributed by atoms with E-state index < -0.39 is 23.8 Å². The van der Waals surface area contributed by atoms with Crippen molar-refractivity contribution >= 4 is 40.3 Å². The van der Waals surface area contributed by atoms with Gasteiger partial charge in [-0.2, -0.15) is 0 Å². The van der Waals surface area contributed by atoms with Gasteiger partial charge >= 0.3 is 0 Å². The molecule has 2 amide bonds. The molecule has 0 aliphatic carbocycles. The minimum atomic E-state index is -1.09.